The van der Waals surface area contributed by atoms with Crippen LogP contribution in [0.25, 0.3) is 10.6 Å². The second-order valence-electron chi connectivity index (χ2n) is 4.90. The average Bonchev–Trinajstić information content (AvgIpc) is 3.03. The van der Waals surface area contributed by atoms with Crippen LogP contribution < -0.4 is 16.8 Å². The second kappa shape index (κ2) is 6.47. The van der Waals surface area contributed by atoms with E-state index in [0.717, 1.165) is 5.56 Å². The summed E-state index contributed by atoms with van der Waals surface area (Å²) in [5, 5.41) is 11.7. The molecule has 0 spiro atoms. The number of anilines is 2. The van der Waals surface area contributed by atoms with Gasteiger partial charge in [-0.25, -0.2) is 0 Å². The topological polar surface area (TPSA) is 124 Å². The van der Waals surface area contributed by atoms with Gasteiger partial charge < -0.3 is 11.5 Å². The highest BCUT2D eigenvalue weighted by molar-refractivity contribution is 7.18. The Bertz CT molecular complexity index is 908. The van der Waals surface area contributed by atoms with E-state index < -0.39 is 11.8 Å². The first-order valence-electron chi connectivity index (χ1n) is 6.94. The first-order chi connectivity index (χ1) is 11.5. The van der Waals surface area contributed by atoms with E-state index in [4.69, 9.17) is 11.5 Å². The van der Waals surface area contributed by atoms with Crippen LogP contribution in [0.1, 0.15) is 20.7 Å². The van der Waals surface area contributed by atoms with Crippen molar-refractivity contribution in [2.24, 2.45) is 5.73 Å². The molecule has 0 unspecified atom stereocenters. The van der Waals surface area contributed by atoms with Crippen LogP contribution in [0.2, 0.25) is 0 Å². The summed E-state index contributed by atoms with van der Waals surface area (Å²) in [6, 6.07) is 13.8. The quantitative estimate of drug-likeness (QED) is 0.628. The number of nitrogens with one attached hydrogen (secondary N) is 1. The molecule has 24 heavy (non-hydrogen) atoms. The van der Waals surface area contributed by atoms with Gasteiger partial charge in [-0.15, -0.1) is 10.2 Å². The van der Waals surface area contributed by atoms with Crippen LogP contribution in [0.4, 0.5) is 10.8 Å². The summed E-state index contributed by atoms with van der Waals surface area (Å²) in [5.41, 5.74) is 12.5. The Morgan fingerprint density at radius 3 is 2.46 bits per heavy atom. The van der Waals surface area contributed by atoms with E-state index in [1.54, 1.807) is 0 Å². The number of amides is 2. The lowest BCUT2D eigenvalue weighted by atomic mass is 10.1. The fourth-order valence-corrected chi connectivity index (χ4v) is 2.81. The van der Waals surface area contributed by atoms with Gasteiger partial charge in [-0.2, -0.15) is 0 Å². The molecule has 3 rings (SSSR count). The van der Waals surface area contributed by atoms with E-state index in [0.29, 0.717) is 15.7 Å². The van der Waals surface area contributed by atoms with Gasteiger partial charge in [0.25, 0.3) is 11.8 Å². The van der Waals surface area contributed by atoms with Crippen LogP contribution in [0.5, 0.6) is 0 Å². The fourth-order valence-electron chi connectivity index (χ4n) is 2.07. The molecule has 0 atom stereocenters. The lowest BCUT2D eigenvalue weighted by molar-refractivity contribution is 0.0996. The molecule has 5 N–H and O–H groups in total. The Morgan fingerprint density at radius 1 is 1.04 bits per heavy atom. The first-order valence-corrected chi connectivity index (χ1v) is 7.76. The molecule has 7 nitrogen and oxygen atoms in total. The molecule has 0 aliphatic heterocycles. The van der Waals surface area contributed by atoms with E-state index in [1.807, 2.05) is 30.3 Å². The maximum Gasteiger partial charge on any atom is 0.257 e. The minimum absolute atomic E-state index is 0.150. The van der Waals surface area contributed by atoms with Gasteiger partial charge in [0.15, 0.2) is 0 Å². The molecule has 1 heterocycles. The van der Waals surface area contributed by atoms with E-state index in [2.05, 4.69) is 15.5 Å². The number of rotatable bonds is 4. The smallest absolute Gasteiger partial charge is 0.257 e. The largest absolute Gasteiger partial charge is 0.398 e. The van der Waals surface area contributed by atoms with Gasteiger partial charge in [-0.1, -0.05) is 41.7 Å². The van der Waals surface area contributed by atoms with Crippen molar-refractivity contribution in [1.29, 1.82) is 0 Å². The minimum Gasteiger partial charge on any atom is -0.398 e. The van der Waals surface area contributed by atoms with E-state index in [9.17, 15) is 9.59 Å². The predicted octanol–water partition coefficient (Wildman–Crippen LogP) is 2.14. The number of hydrogen-bond donors (Lipinski definition) is 3. The molecule has 0 fully saturated rings. The molecule has 8 heteroatoms. The van der Waals surface area contributed by atoms with Crippen molar-refractivity contribution < 1.29 is 9.59 Å². The highest BCUT2D eigenvalue weighted by Crippen LogP contribution is 2.26. The highest BCUT2D eigenvalue weighted by Gasteiger charge is 2.13. The van der Waals surface area contributed by atoms with Crippen molar-refractivity contribution in [2.45, 2.75) is 0 Å². The molecule has 1 aromatic heterocycles. The van der Waals surface area contributed by atoms with Gasteiger partial charge in [0.2, 0.25) is 5.13 Å². The number of primary amides is 1. The number of hydrogen-bond acceptors (Lipinski definition) is 6. The van der Waals surface area contributed by atoms with Crippen molar-refractivity contribution in [3.05, 3.63) is 59.7 Å². The summed E-state index contributed by atoms with van der Waals surface area (Å²) in [5.74, 6) is -1.04. The van der Waals surface area contributed by atoms with Crippen LogP contribution in [0.15, 0.2) is 48.5 Å². The molecule has 0 bridgehead atoms. The van der Waals surface area contributed by atoms with Gasteiger partial charge in [0.05, 0.1) is 5.56 Å². The molecule has 2 aromatic carbocycles. The molecular weight excluding hydrogens is 326 g/mol. The highest BCUT2D eigenvalue weighted by atomic mass is 32.1. The zero-order valence-electron chi connectivity index (χ0n) is 12.4. The number of nitrogens with zero attached hydrogens (tertiary/aromatic N) is 2. The van der Waals surface area contributed by atoms with Crippen molar-refractivity contribution in [3.63, 3.8) is 0 Å². The van der Waals surface area contributed by atoms with Crippen LogP contribution in [0, 0.1) is 0 Å². The van der Waals surface area contributed by atoms with Gasteiger partial charge >= 0.3 is 0 Å². The third-order valence-electron chi connectivity index (χ3n) is 3.25. The lowest BCUT2D eigenvalue weighted by Crippen LogP contribution is -2.16. The Hall–Kier alpha value is -3.26. The van der Waals surface area contributed by atoms with Gasteiger partial charge in [-0.05, 0) is 18.2 Å². The molecule has 0 aliphatic carbocycles. The minimum atomic E-state index is -0.643. The standard InChI is InChI=1S/C16H13N5O2S/c17-12-8-10(6-7-11(12)13(18)22)14(23)19-16-21-20-15(24-16)9-4-2-1-3-5-9/h1-8H,17H2,(H2,18,22)(H,19,21,23). The molecule has 0 aliphatic rings. The number of benzene rings is 2. The third kappa shape index (κ3) is 3.23. The number of carbonyl (C=O) groups excluding carboxylic acids is 2. The number of nitrogen functional groups attached to an aromatic ring is 1. The third-order valence-corrected chi connectivity index (χ3v) is 4.13. The SMILES string of the molecule is NC(=O)c1ccc(C(=O)Nc2nnc(-c3ccccc3)s2)cc1N. The zero-order valence-corrected chi connectivity index (χ0v) is 13.2. The Kier molecular flexibility index (Phi) is 4.21. The second-order valence-corrected chi connectivity index (χ2v) is 5.88. The molecule has 3 aromatic rings. The first kappa shape index (κ1) is 15.6. The Balaban J connectivity index is 1.77. The summed E-state index contributed by atoms with van der Waals surface area (Å²) in [4.78, 5) is 23.4. The number of aromatic nitrogens is 2. The summed E-state index contributed by atoms with van der Waals surface area (Å²) >= 11 is 1.26. The van der Waals surface area contributed by atoms with Crippen LogP contribution >= 0.6 is 11.3 Å². The molecule has 0 saturated heterocycles. The zero-order chi connectivity index (χ0) is 17.1. The molecule has 0 radical (unpaired) electrons. The molecular formula is C16H13N5O2S. The molecule has 0 saturated carbocycles. The average molecular weight is 339 g/mol. The maximum atomic E-state index is 12.2. The number of nitrogens with two attached hydrogens (primary N) is 2. The van der Waals surface area contributed by atoms with Crippen molar-refractivity contribution in [3.8, 4) is 10.6 Å². The monoisotopic (exact) mass is 339 g/mol. The summed E-state index contributed by atoms with van der Waals surface area (Å²) in [7, 11) is 0. The van der Waals surface area contributed by atoms with Gasteiger partial charge in [-0.3, -0.25) is 14.9 Å². The Morgan fingerprint density at radius 2 is 1.79 bits per heavy atom. The van der Waals surface area contributed by atoms with Gasteiger partial charge in [0.1, 0.15) is 5.01 Å². The number of carbonyl (C=O) groups is 2. The molecule has 2 amide bonds. The van der Waals surface area contributed by atoms with Crippen LogP contribution in [-0.2, 0) is 0 Å². The van der Waals surface area contributed by atoms with Crippen LogP contribution in [0.3, 0.4) is 0 Å². The van der Waals surface area contributed by atoms with Crippen molar-refractivity contribution in [1.82, 2.24) is 10.2 Å². The lowest BCUT2D eigenvalue weighted by Gasteiger charge is -2.05. The predicted molar refractivity (Wildman–Crippen MR) is 92.7 cm³/mol. The van der Waals surface area contributed by atoms with E-state index in [-0.39, 0.29) is 11.3 Å². The summed E-state index contributed by atoms with van der Waals surface area (Å²) < 4.78 is 0. The van der Waals surface area contributed by atoms with Crippen molar-refractivity contribution >= 4 is 34.0 Å². The van der Waals surface area contributed by atoms with E-state index in [1.165, 1.54) is 29.5 Å². The van der Waals surface area contributed by atoms with Crippen molar-refractivity contribution in [2.75, 3.05) is 11.1 Å². The molecule has 120 valence electrons. The van der Waals surface area contributed by atoms with Crippen LogP contribution in [-0.4, -0.2) is 22.0 Å². The van der Waals surface area contributed by atoms with Gasteiger partial charge in [0, 0.05) is 16.8 Å². The Labute approximate surface area is 141 Å². The normalized spacial score (nSPS) is 10.3. The summed E-state index contributed by atoms with van der Waals surface area (Å²) in [6.45, 7) is 0. The van der Waals surface area contributed by atoms with E-state index >= 15 is 0 Å². The summed E-state index contributed by atoms with van der Waals surface area (Å²) in [6.07, 6.45) is 0. The maximum absolute atomic E-state index is 12.2. The fraction of sp³-hybridized carbons (Fsp3) is 0.